The molecule has 3 rings (SSSR count). The van der Waals surface area contributed by atoms with Gasteiger partial charge in [0.05, 0.1) is 6.54 Å². The number of piperidine rings is 1. The summed E-state index contributed by atoms with van der Waals surface area (Å²) >= 11 is 0. The zero-order valence-electron chi connectivity index (χ0n) is 11.3. The molecule has 0 aliphatic carbocycles. The summed E-state index contributed by atoms with van der Waals surface area (Å²) in [5.41, 5.74) is 3.03. The van der Waals surface area contributed by atoms with E-state index in [0.717, 1.165) is 32.5 Å². The lowest BCUT2D eigenvalue weighted by molar-refractivity contribution is -0.138. The molecule has 0 radical (unpaired) electrons. The van der Waals surface area contributed by atoms with E-state index in [1.54, 1.807) is 0 Å². The lowest BCUT2D eigenvalue weighted by atomic mass is 9.74. The number of rotatable bonds is 2. The first-order chi connectivity index (χ1) is 9.11. The number of hydrogen-bond acceptors (Lipinski definition) is 3. The molecule has 4 nitrogen and oxygen atoms in total. The molecule has 1 N–H and O–H groups in total. The molecule has 19 heavy (non-hydrogen) atoms. The van der Waals surface area contributed by atoms with Gasteiger partial charge in [-0.1, -0.05) is 18.2 Å². The second-order valence-corrected chi connectivity index (χ2v) is 5.82. The van der Waals surface area contributed by atoms with Gasteiger partial charge in [0.2, 0.25) is 0 Å². The maximum Gasteiger partial charge on any atom is 0.317 e. The van der Waals surface area contributed by atoms with Crippen molar-refractivity contribution in [3.63, 3.8) is 0 Å². The second-order valence-electron chi connectivity index (χ2n) is 5.82. The minimum Gasteiger partial charge on any atom is -0.480 e. The molecular formula is C15H20N2O2. The molecular weight excluding hydrogens is 240 g/mol. The molecule has 2 aliphatic heterocycles. The Morgan fingerprint density at radius 2 is 2.00 bits per heavy atom. The Balaban J connectivity index is 1.79. The number of para-hydroxylation sites is 1. The highest BCUT2D eigenvalue weighted by Crippen LogP contribution is 2.46. The van der Waals surface area contributed by atoms with Gasteiger partial charge in [-0.15, -0.1) is 0 Å². The molecule has 1 fully saturated rings. The van der Waals surface area contributed by atoms with Crippen LogP contribution in [0.25, 0.3) is 0 Å². The molecule has 1 aromatic carbocycles. The molecule has 1 spiro atoms. The third kappa shape index (κ3) is 2.10. The van der Waals surface area contributed by atoms with Gasteiger partial charge in [0.1, 0.15) is 0 Å². The molecule has 1 aromatic rings. The van der Waals surface area contributed by atoms with Crippen LogP contribution in [0.4, 0.5) is 5.69 Å². The highest BCUT2D eigenvalue weighted by Gasteiger charge is 2.43. The van der Waals surface area contributed by atoms with E-state index in [1.807, 2.05) is 0 Å². The van der Waals surface area contributed by atoms with Crippen LogP contribution in [0, 0.1) is 0 Å². The van der Waals surface area contributed by atoms with Crippen LogP contribution in [0.5, 0.6) is 0 Å². The summed E-state index contributed by atoms with van der Waals surface area (Å²) in [4.78, 5) is 15.2. The van der Waals surface area contributed by atoms with Gasteiger partial charge >= 0.3 is 5.97 Å². The summed E-state index contributed by atoms with van der Waals surface area (Å²) < 4.78 is 0. The third-order valence-electron chi connectivity index (χ3n) is 4.60. The average molecular weight is 260 g/mol. The van der Waals surface area contributed by atoms with Crippen LogP contribution >= 0.6 is 0 Å². The highest BCUT2D eigenvalue weighted by molar-refractivity contribution is 5.69. The quantitative estimate of drug-likeness (QED) is 0.876. The number of carboxylic acids is 1. The van der Waals surface area contributed by atoms with E-state index in [-0.39, 0.29) is 12.0 Å². The smallest absolute Gasteiger partial charge is 0.317 e. The van der Waals surface area contributed by atoms with Gasteiger partial charge in [0.15, 0.2) is 0 Å². The van der Waals surface area contributed by atoms with Crippen molar-refractivity contribution in [2.45, 2.75) is 18.3 Å². The number of carbonyl (C=O) groups is 1. The molecule has 102 valence electrons. The van der Waals surface area contributed by atoms with Gasteiger partial charge < -0.3 is 10.0 Å². The topological polar surface area (TPSA) is 43.8 Å². The Kier molecular flexibility index (Phi) is 2.97. The lowest BCUT2D eigenvalue weighted by Gasteiger charge is -2.39. The van der Waals surface area contributed by atoms with E-state index in [0.29, 0.717) is 0 Å². The Bertz CT molecular complexity index is 493. The van der Waals surface area contributed by atoms with E-state index in [4.69, 9.17) is 5.11 Å². The fraction of sp³-hybridized carbons (Fsp3) is 0.533. The number of hydrogen-bond donors (Lipinski definition) is 1. The third-order valence-corrected chi connectivity index (χ3v) is 4.60. The van der Waals surface area contributed by atoms with E-state index in [2.05, 4.69) is 41.1 Å². The molecule has 4 heteroatoms. The van der Waals surface area contributed by atoms with Crippen molar-refractivity contribution in [3.8, 4) is 0 Å². The molecule has 0 amide bonds. The van der Waals surface area contributed by atoms with Crippen LogP contribution in [0.3, 0.4) is 0 Å². The van der Waals surface area contributed by atoms with Crippen molar-refractivity contribution in [1.82, 2.24) is 4.90 Å². The fourth-order valence-electron chi connectivity index (χ4n) is 3.64. The minimum absolute atomic E-state index is 0.174. The number of aliphatic carboxylic acids is 1. The molecule has 2 aliphatic rings. The highest BCUT2D eigenvalue weighted by atomic mass is 16.4. The number of benzene rings is 1. The molecule has 1 saturated heterocycles. The summed E-state index contributed by atoms with van der Waals surface area (Å²) in [7, 11) is 2.15. The summed E-state index contributed by atoms with van der Waals surface area (Å²) in [6.45, 7) is 3.00. The summed E-state index contributed by atoms with van der Waals surface area (Å²) in [5, 5.41) is 8.87. The molecule has 2 heterocycles. The van der Waals surface area contributed by atoms with Crippen molar-refractivity contribution in [1.29, 1.82) is 0 Å². The molecule has 0 unspecified atom stereocenters. The number of anilines is 1. The monoisotopic (exact) mass is 260 g/mol. The van der Waals surface area contributed by atoms with Crippen LogP contribution in [-0.2, 0) is 10.2 Å². The van der Waals surface area contributed by atoms with Crippen molar-refractivity contribution in [3.05, 3.63) is 29.8 Å². The van der Waals surface area contributed by atoms with Crippen LogP contribution in [0.1, 0.15) is 18.4 Å². The summed E-state index contributed by atoms with van der Waals surface area (Å²) in [6.07, 6.45) is 2.11. The second kappa shape index (κ2) is 4.53. The van der Waals surface area contributed by atoms with Gasteiger partial charge in [-0.3, -0.25) is 9.69 Å². The number of fused-ring (bicyclic) bond motifs is 2. The first-order valence-corrected chi connectivity index (χ1v) is 6.86. The zero-order valence-corrected chi connectivity index (χ0v) is 11.3. The van der Waals surface area contributed by atoms with E-state index >= 15 is 0 Å². The van der Waals surface area contributed by atoms with Crippen molar-refractivity contribution < 1.29 is 9.90 Å². The van der Waals surface area contributed by atoms with Gasteiger partial charge in [0.25, 0.3) is 0 Å². The normalized spacial score (nSPS) is 21.6. The van der Waals surface area contributed by atoms with Crippen molar-refractivity contribution in [2.75, 3.05) is 38.1 Å². The van der Waals surface area contributed by atoms with E-state index in [9.17, 15) is 4.79 Å². The Labute approximate surface area is 113 Å². The SMILES string of the molecule is CN1CC2(CCN(CC(=O)O)CC2)c2ccccc21. The van der Waals surface area contributed by atoms with Crippen LogP contribution in [0.2, 0.25) is 0 Å². The predicted molar refractivity (Wildman–Crippen MR) is 74.7 cm³/mol. The average Bonchev–Trinajstić information content (AvgIpc) is 2.66. The number of likely N-dealkylation sites (N-methyl/N-ethyl adjacent to an activating group) is 1. The maximum atomic E-state index is 10.8. The molecule has 0 bridgehead atoms. The van der Waals surface area contributed by atoms with Gasteiger partial charge in [-0.25, -0.2) is 0 Å². The lowest BCUT2D eigenvalue weighted by Crippen LogP contribution is -2.46. The molecule has 0 aromatic heterocycles. The van der Waals surface area contributed by atoms with E-state index in [1.165, 1.54) is 11.3 Å². The Morgan fingerprint density at radius 1 is 1.32 bits per heavy atom. The van der Waals surface area contributed by atoms with Crippen LogP contribution in [-0.4, -0.2) is 49.2 Å². The van der Waals surface area contributed by atoms with Crippen molar-refractivity contribution in [2.24, 2.45) is 0 Å². The Morgan fingerprint density at radius 3 is 2.68 bits per heavy atom. The summed E-state index contributed by atoms with van der Waals surface area (Å²) in [5.74, 6) is -0.722. The Hall–Kier alpha value is -1.55. The van der Waals surface area contributed by atoms with Crippen LogP contribution < -0.4 is 4.90 Å². The van der Waals surface area contributed by atoms with Gasteiger partial charge in [-0.2, -0.15) is 0 Å². The number of nitrogens with zero attached hydrogens (tertiary/aromatic N) is 2. The first kappa shape index (κ1) is 12.5. The maximum absolute atomic E-state index is 10.8. The minimum atomic E-state index is -0.722. The largest absolute Gasteiger partial charge is 0.480 e. The summed E-state index contributed by atoms with van der Waals surface area (Å²) in [6, 6.07) is 8.64. The zero-order chi connectivity index (χ0) is 13.5. The fourth-order valence-corrected chi connectivity index (χ4v) is 3.64. The first-order valence-electron chi connectivity index (χ1n) is 6.86. The van der Waals surface area contributed by atoms with E-state index < -0.39 is 5.97 Å². The van der Waals surface area contributed by atoms with Crippen LogP contribution in [0.15, 0.2) is 24.3 Å². The van der Waals surface area contributed by atoms with Gasteiger partial charge in [-0.05, 0) is 37.6 Å². The standard InChI is InChI=1S/C15H20N2O2/c1-16-11-15(12-4-2-3-5-13(12)16)6-8-17(9-7-15)10-14(18)19/h2-5H,6-11H2,1H3,(H,18,19). The number of likely N-dealkylation sites (tertiary alicyclic amines) is 1. The number of carboxylic acid groups (broad SMARTS) is 1. The van der Waals surface area contributed by atoms with Gasteiger partial charge in [0, 0.05) is 24.7 Å². The molecule has 0 saturated carbocycles. The predicted octanol–water partition coefficient (Wildman–Crippen LogP) is 1.55. The molecule has 0 atom stereocenters. The van der Waals surface area contributed by atoms with Crippen molar-refractivity contribution >= 4 is 11.7 Å².